The number of aryl methyl sites for hydroxylation is 1. The van der Waals surface area contributed by atoms with Crippen molar-refractivity contribution in [3.8, 4) is 0 Å². The first-order valence-corrected chi connectivity index (χ1v) is 8.52. The summed E-state index contributed by atoms with van der Waals surface area (Å²) in [6.07, 6.45) is 2.48. The van der Waals surface area contributed by atoms with Gasteiger partial charge in [-0.1, -0.05) is 24.3 Å². The van der Waals surface area contributed by atoms with Crippen LogP contribution in [0.2, 0.25) is 0 Å². The van der Waals surface area contributed by atoms with Gasteiger partial charge in [0.2, 0.25) is 11.8 Å². The number of amides is 2. The number of nitrogens with zero attached hydrogens (tertiary/aromatic N) is 1. The zero-order valence-electron chi connectivity index (χ0n) is 14.0. The summed E-state index contributed by atoms with van der Waals surface area (Å²) in [6, 6.07) is 13.9. The van der Waals surface area contributed by atoms with E-state index < -0.39 is 0 Å². The van der Waals surface area contributed by atoms with Crippen molar-refractivity contribution in [2.45, 2.75) is 32.2 Å². The first-order chi connectivity index (χ1) is 12.1. The van der Waals surface area contributed by atoms with Gasteiger partial charge in [-0.2, -0.15) is 0 Å². The van der Waals surface area contributed by atoms with Gasteiger partial charge in [-0.3, -0.25) is 9.59 Å². The smallest absolute Gasteiger partial charge is 0.227 e. The standard InChI is InChI=1S/C20H21FN2O2/c21-17-8-3-15(4-9-17)7-12-19(24)22-14-16-5-10-18(11-6-16)23-13-1-2-20(23)25/h3-6,8-11H,1-2,7,12-14H2,(H,22,24). The van der Waals surface area contributed by atoms with Crippen molar-refractivity contribution >= 4 is 17.5 Å². The molecule has 0 saturated carbocycles. The lowest BCUT2D eigenvalue weighted by molar-refractivity contribution is -0.121. The molecule has 3 rings (SSSR count). The van der Waals surface area contributed by atoms with Crippen LogP contribution in [-0.2, 0) is 22.6 Å². The molecule has 1 N–H and O–H groups in total. The van der Waals surface area contributed by atoms with Gasteiger partial charge in [0.05, 0.1) is 0 Å². The molecule has 4 nitrogen and oxygen atoms in total. The molecule has 1 heterocycles. The van der Waals surface area contributed by atoms with Gasteiger partial charge in [-0.25, -0.2) is 4.39 Å². The van der Waals surface area contributed by atoms with Crippen LogP contribution in [0.5, 0.6) is 0 Å². The molecule has 0 aromatic heterocycles. The number of carbonyl (C=O) groups excluding carboxylic acids is 2. The highest BCUT2D eigenvalue weighted by atomic mass is 19.1. The van der Waals surface area contributed by atoms with E-state index in [1.807, 2.05) is 24.3 Å². The van der Waals surface area contributed by atoms with Gasteiger partial charge in [-0.05, 0) is 48.2 Å². The molecule has 1 saturated heterocycles. The van der Waals surface area contributed by atoms with Gasteiger partial charge in [0.25, 0.3) is 0 Å². The minimum absolute atomic E-state index is 0.0388. The number of anilines is 1. The Morgan fingerprint density at radius 3 is 2.36 bits per heavy atom. The van der Waals surface area contributed by atoms with E-state index in [4.69, 9.17) is 0 Å². The normalized spacial score (nSPS) is 14.0. The van der Waals surface area contributed by atoms with Crippen molar-refractivity contribution in [2.75, 3.05) is 11.4 Å². The van der Waals surface area contributed by atoms with Crippen molar-refractivity contribution in [1.29, 1.82) is 0 Å². The maximum atomic E-state index is 12.8. The molecule has 1 aliphatic heterocycles. The van der Waals surface area contributed by atoms with E-state index in [9.17, 15) is 14.0 Å². The Balaban J connectivity index is 1.45. The van der Waals surface area contributed by atoms with Gasteiger partial charge in [0.15, 0.2) is 0 Å². The van der Waals surface area contributed by atoms with Gasteiger partial charge in [-0.15, -0.1) is 0 Å². The minimum atomic E-state index is -0.271. The lowest BCUT2D eigenvalue weighted by atomic mass is 10.1. The van der Waals surface area contributed by atoms with Gasteiger partial charge >= 0.3 is 0 Å². The average Bonchev–Trinajstić information content (AvgIpc) is 3.06. The second-order valence-corrected chi connectivity index (χ2v) is 6.22. The van der Waals surface area contributed by atoms with E-state index >= 15 is 0 Å². The highest BCUT2D eigenvalue weighted by Crippen LogP contribution is 2.21. The molecule has 130 valence electrons. The van der Waals surface area contributed by atoms with Crippen LogP contribution in [0.4, 0.5) is 10.1 Å². The van der Waals surface area contributed by atoms with Crippen molar-refractivity contribution in [2.24, 2.45) is 0 Å². The number of hydrogen-bond acceptors (Lipinski definition) is 2. The molecule has 2 aromatic carbocycles. The van der Waals surface area contributed by atoms with Crippen molar-refractivity contribution < 1.29 is 14.0 Å². The lowest BCUT2D eigenvalue weighted by Gasteiger charge is -2.16. The minimum Gasteiger partial charge on any atom is -0.352 e. The van der Waals surface area contributed by atoms with Crippen LogP contribution in [0.3, 0.4) is 0 Å². The Kier molecular flexibility index (Phi) is 5.43. The Labute approximate surface area is 146 Å². The van der Waals surface area contributed by atoms with E-state index in [1.54, 1.807) is 17.0 Å². The summed E-state index contributed by atoms with van der Waals surface area (Å²) in [7, 11) is 0. The molecule has 0 bridgehead atoms. The van der Waals surface area contributed by atoms with Crippen LogP contribution in [-0.4, -0.2) is 18.4 Å². The van der Waals surface area contributed by atoms with E-state index in [-0.39, 0.29) is 17.6 Å². The molecular formula is C20H21FN2O2. The quantitative estimate of drug-likeness (QED) is 0.878. The summed E-state index contributed by atoms with van der Waals surface area (Å²) in [5, 5.41) is 2.88. The summed E-state index contributed by atoms with van der Waals surface area (Å²) in [6.45, 7) is 1.23. The molecule has 2 aromatic rings. The average molecular weight is 340 g/mol. The Bertz CT molecular complexity index is 741. The second kappa shape index (κ2) is 7.92. The fraction of sp³-hybridized carbons (Fsp3) is 0.300. The van der Waals surface area contributed by atoms with Gasteiger partial charge < -0.3 is 10.2 Å². The molecule has 1 aliphatic rings. The Morgan fingerprint density at radius 1 is 1.04 bits per heavy atom. The van der Waals surface area contributed by atoms with Crippen LogP contribution in [0.1, 0.15) is 30.4 Å². The zero-order valence-corrected chi connectivity index (χ0v) is 14.0. The fourth-order valence-corrected chi connectivity index (χ4v) is 2.91. The van der Waals surface area contributed by atoms with Crippen molar-refractivity contribution in [1.82, 2.24) is 5.32 Å². The van der Waals surface area contributed by atoms with Gasteiger partial charge in [0, 0.05) is 31.6 Å². The van der Waals surface area contributed by atoms with Crippen molar-refractivity contribution in [3.05, 3.63) is 65.5 Å². The van der Waals surface area contributed by atoms with Crippen LogP contribution in [0.25, 0.3) is 0 Å². The summed E-state index contributed by atoms with van der Waals surface area (Å²) < 4.78 is 12.8. The van der Waals surface area contributed by atoms with Crippen LogP contribution in [0.15, 0.2) is 48.5 Å². The number of benzene rings is 2. The SMILES string of the molecule is O=C(CCc1ccc(F)cc1)NCc1ccc(N2CCCC2=O)cc1. The lowest BCUT2D eigenvalue weighted by Crippen LogP contribution is -2.24. The molecule has 0 unspecified atom stereocenters. The fourth-order valence-electron chi connectivity index (χ4n) is 2.91. The number of carbonyl (C=O) groups is 2. The topological polar surface area (TPSA) is 49.4 Å². The van der Waals surface area contributed by atoms with Crippen LogP contribution in [0, 0.1) is 5.82 Å². The summed E-state index contributed by atoms with van der Waals surface area (Å²) in [4.78, 5) is 25.5. The molecule has 0 atom stereocenters. The molecular weight excluding hydrogens is 319 g/mol. The van der Waals surface area contributed by atoms with Crippen molar-refractivity contribution in [3.63, 3.8) is 0 Å². The van der Waals surface area contributed by atoms with E-state index in [0.717, 1.165) is 29.8 Å². The maximum Gasteiger partial charge on any atom is 0.227 e. The third-order valence-electron chi connectivity index (χ3n) is 4.37. The predicted molar refractivity (Wildman–Crippen MR) is 94.6 cm³/mol. The number of nitrogens with one attached hydrogen (secondary N) is 1. The highest BCUT2D eigenvalue weighted by molar-refractivity contribution is 5.95. The number of halogens is 1. The zero-order chi connectivity index (χ0) is 17.6. The third-order valence-corrected chi connectivity index (χ3v) is 4.37. The largest absolute Gasteiger partial charge is 0.352 e. The Morgan fingerprint density at radius 2 is 1.72 bits per heavy atom. The Hall–Kier alpha value is -2.69. The highest BCUT2D eigenvalue weighted by Gasteiger charge is 2.21. The molecule has 25 heavy (non-hydrogen) atoms. The maximum absolute atomic E-state index is 12.8. The summed E-state index contributed by atoms with van der Waals surface area (Å²) >= 11 is 0. The summed E-state index contributed by atoms with van der Waals surface area (Å²) in [5.41, 5.74) is 2.84. The van der Waals surface area contributed by atoms with Gasteiger partial charge in [0.1, 0.15) is 5.82 Å². The molecule has 0 spiro atoms. The molecule has 1 fully saturated rings. The molecule has 5 heteroatoms. The molecule has 0 radical (unpaired) electrons. The van der Waals surface area contributed by atoms with E-state index in [2.05, 4.69) is 5.32 Å². The van der Waals surface area contributed by atoms with Crippen LogP contribution < -0.4 is 10.2 Å². The number of hydrogen-bond donors (Lipinski definition) is 1. The van der Waals surface area contributed by atoms with E-state index in [0.29, 0.717) is 25.8 Å². The first kappa shape index (κ1) is 17.1. The first-order valence-electron chi connectivity index (χ1n) is 8.52. The monoisotopic (exact) mass is 340 g/mol. The predicted octanol–water partition coefficient (Wildman–Crippen LogP) is 3.20. The molecule has 0 aliphatic carbocycles. The molecule has 2 amide bonds. The van der Waals surface area contributed by atoms with Crippen LogP contribution >= 0.6 is 0 Å². The number of rotatable bonds is 6. The third kappa shape index (κ3) is 4.66. The summed E-state index contributed by atoms with van der Waals surface area (Å²) in [5.74, 6) is -0.141. The van der Waals surface area contributed by atoms with E-state index in [1.165, 1.54) is 12.1 Å². The second-order valence-electron chi connectivity index (χ2n) is 6.22.